The van der Waals surface area contributed by atoms with Gasteiger partial charge in [-0.2, -0.15) is 0 Å². The van der Waals surface area contributed by atoms with Crippen LogP contribution in [0.3, 0.4) is 0 Å². The van der Waals surface area contributed by atoms with Gasteiger partial charge in [-0.05, 0) is 11.8 Å². The minimum Gasteiger partial charge on any atom is -0.481 e. The third-order valence-corrected chi connectivity index (χ3v) is 3.63. The molecule has 0 aliphatic carbocycles. The molecule has 0 aromatic rings. The fourth-order valence-electron chi connectivity index (χ4n) is 2.04. The van der Waals surface area contributed by atoms with E-state index in [1.54, 1.807) is 4.90 Å². The van der Waals surface area contributed by atoms with Crippen LogP contribution < -0.4 is 0 Å². The van der Waals surface area contributed by atoms with Crippen LogP contribution in [0.1, 0.15) is 27.7 Å². The van der Waals surface area contributed by atoms with E-state index in [9.17, 15) is 9.59 Å². The van der Waals surface area contributed by atoms with Gasteiger partial charge >= 0.3 is 5.97 Å². The van der Waals surface area contributed by atoms with Gasteiger partial charge in [0, 0.05) is 19.0 Å². The van der Waals surface area contributed by atoms with E-state index in [1.165, 1.54) is 0 Å². The highest BCUT2D eigenvalue weighted by atomic mass is 16.4. The first kappa shape index (κ1) is 13.0. The number of aliphatic carboxylic acids is 1. The van der Waals surface area contributed by atoms with E-state index < -0.39 is 11.9 Å². The topological polar surface area (TPSA) is 57.6 Å². The average molecular weight is 227 g/mol. The normalized spacial score (nSPS) is 27.2. The maximum atomic E-state index is 12.0. The van der Waals surface area contributed by atoms with Gasteiger partial charge in [-0.25, -0.2) is 0 Å². The molecule has 1 aliphatic heterocycles. The van der Waals surface area contributed by atoms with Crippen molar-refractivity contribution >= 4 is 11.9 Å². The number of carbonyl (C=O) groups is 2. The Morgan fingerprint density at radius 2 is 1.81 bits per heavy atom. The number of hydrogen-bond acceptors (Lipinski definition) is 2. The van der Waals surface area contributed by atoms with Crippen molar-refractivity contribution in [1.29, 1.82) is 0 Å². The zero-order valence-electron chi connectivity index (χ0n) is 10.4. The Kier molecular flexibility index (Phi) is 3.94. The standard InChI is InChI=1S/C12H21NO3/c1-7(2)9(4)11(14)13-5-8(3)10(6-13)12(15)16/h7-10H,5-6H2,1-4H3,(H,15,16)/t8-,9?,10-/m1/s1. The molecule has 1 unspecified atom stereocenters. The molecule has 1 amide bonds. The summed E-state index contributed by atoms with van der Waals surface area (Å²) in [6, 6.07) is 0. The van der Waals surface area contributed by atoms with Crippen LogP contribution in [0.4, 0.5) is 0 Å². The van der Waals surface area contributed by atoms with E-state index in [2.05, 4.69) is 0 Å². The lowest BCUT2D eigenvalue weighted by molar-refractivity contribution is -0.142. The van der Waals surface area contributed by atoms with E-state index in [0.717, 1.165) is 0 Å². The van der Waals surface area contributed by atoms with E-state index in [1.807, 2.05) is 27.7 Å². The first-order chi connectivity index (χ1) is 7.34. The summed E-state index contributed by atoms with van der Waals surface area (Å²) in [5.74, 6) is -0.777. The lowest BCUT2D eigenvalue weighted by Gasteiger charge is -2.23. The van der Waals surface area contributed by atoms with Gasteiger partial charge in [0.2, 0.25) is 5.91 Å². The van der Waals surface area contributed by atoms with Gasteiger partial charge in [-0.3, -0.25) is 9.59 Å². The summed E-state index contributed by atoms with van der Waals surface area (Å²) in [7, 11) is 0. The molecule has 0 aromatic heterocycles. The van der Waals surface area contributed by atoms with Gasteiger partial charge in [0.05, 0.1) is 5.92 Å². The summed E-state index contributed by atoms with van der Waals surface area (Å²) in [5.41, 5.74) is 0. The fourth-order valence-corrected chi connectivity index (χ4v) is 2.04. The SMILES string of the molecule is CC(C)C(C)C(=O)N1C[C@@H](C)[C@H](C(=O)O)C1. The fraction of sp³-hybridized carbons (Fsp3) is 0.833. The molecular weight excluding hydrogens is 206 g/mol. The maximum Gasteiger partial charge on any atom is 0.308 e. The molecule has 0 aromatic carbocycles. The maximum absolute atomic E-state index is 12.0. The average Bonchev–Trinajstić information content (AvgIpc) is 2.58. The molecule has 0 saturated carbocycles. The number of amides is 1. The largest absolute Gasteiger partial charge is 0.481 e. The van der Waals surface area contributed by atoms with Gasteiger partial charge in [0.1, 0.15) is 0 Å². The van der Waals surface area contributed by atoms with E-state index in [-0.39, 0.29) is 17.7 Å². The second kappa shape index (κ2) is 4.85. The van der Waals surface area contributed by atoms with Crippen molar-refractivity contribution < 1.29 is 14.7 Å². The van der Waals surface area contributed by atoms with Crippen molar-refractivity contribution in [3.05, 3.63) is 0 Å². The molecule has 1 fully saturated rings. The number of carboxylic acids is 1. The van der Waals surface area contributed by atoms with Gasteiger partial charge in [-0.1, -0.05) is 27.7 Å². The van der Waals surface area contributed by atoms with Crippen LogP contribution in [0.25, 0.3) is 0 Å². The second-order valence-electron chi connectivity index (χ2n) is 5.20. The molecule has 1 heterocycles. The molecule has 92 valence electrons. The Hall–Kier alpha value is -1.06. The lowest BCUT2D eigenvalue weighted by Crippen LogP contribution is -2.36. The van der Waals surface area contributed by atoms with Gasteiger partial charge in [0.25, 0.3) is 0 Å². The third-order valence-electron chi connectivity index (χ3n) is 3.63. The Morgan fingerprint density at radius 3 is 2.19 bits per heavy atom. The molecule has 4 heteroatoms. The third kappa shape index (κ3) is 2.54. The van der Waals surface area contributed by atoms with Crippen molar-refractivity contribution in [3.8, 4) is 0 Å². The number of nitrogens with zero attached hydrogens (tertiary/aromatic N) is 1. The van der Waals surface area contributed by atoms with Crippen LogP contribution in [0.15, 0.2) is 0 Å². The lowest BCUT2D eigenvalue weighted by atomic mass is 9.97. The molecule has 0 bridgehead atoms. The molecule has 1 aliphatic rings. The number of carboxylic acid groups (broad SMARTS) is 1. The van der Waals surface area contributed by atoms with Crippen molar-refractivity contribution in [2.45, 2.75) is 27.7 Å². The van der Waals surface area contributed by atoms with Crippen LogP contribution in [0.2, 0.25) is 0 Å². The zero-order chi connectivity index (χ0) is 12.5. The molecule has 3 atom stereocenters. The first-order valence-electron chi connectivity index (χ1n) is 5.86. The minimum atomic E-state index is -0.792. The summed E-state index contributed by atoms with van der Waals surface area (Å²) >= 11 is 0. The molecule has 4 nitrogen and oxygen atoms in total. The summed E-state index contributed by atoms with van der Waals surface area (Å²) in [6.45, 7) is 8.77. The predicted octanol–water partition coefficient (Wildman–Crippen LogP) is 1.46. The summed E-state index contributed by atoms with van der Waals surface area (Å²) in [6.07, 6.45) is 0. The van der Waals surface area contributed by atoms with Crippen molar-refractivity contribution in [3.63, 3.8) is 0 Å². The Bertz CT molecular complexity index is 288. The Balaban J connectivity index is 2.65. The van der Waals surface area contributed by atoms with E-state index in [0.29, 0.717) is 19.0 Å². The Labute approximate surface area is 96.6 Å². The van der Waals surface area contributed by atoms with Crippen molar-refractivity contribution in [2.24, 2.45) is 23.7 Å². The minimum absolute atomic E-state index is 0.0280. The van der Waals surface area contributed by atoms with Crippen LogP contribution in [-0.4, -0.2) is 35.0 Å². The Morgan fingerprint density at radius 1 is 1.25 bits per heavy atom. The number of carbonyl (C=O) groups excluding carboxylic acids is 1. The quantitative estimate of drug-likeness (QED) is 0.794. The highest BCUT2D eigenvalue weighted by molar-refractivity contribution is 5.80. The summed E-state index contributed by atoms with van der Waals surface area (Å²) in [4.78, 5) is 24.7. The van der Waals surface area contributed by atoms with Crippen LogP contribution in [-0.2, 0) is 9.59 Å². The van der Waals surface area contributed by atoms with Gasteiger partial charge < -0.3 is 10.0 Å². The highest BCUT2D eigenvalue weighted by Crippen LogP contribution is 2.25. The van der Waals surface area contributed by atoms with E-state index >= 15 is 0 Å². The molecular formula is C12H21NO3. The summed E-state index contributed by atoms with van der Waals surface area (Å²) in [5, 5.41) is 8.99. The molecule has 0 spiro atoms. The highest BCUT2D eigenvalue weighted by Gasteiger charge is 2.38. The molecule has 16 heavy (non-hydrogen) atoms. The molecule has 1 N–H and O–H groups in total. The van der Waals surface area contributed by atoms with Gasteiger partial charge in [-0.15, -0.1) is 0 Å². The van der Waals surface area contributed by atoms with Crippen LogP contribution in [0.5, 0.6) is 0 Å². The van der Waals surface area contributed by atoms with E-state index in [4.69, 9.17) is 5.11 Å². The predicted molar refractivity (Wildman–Crippen MR) is 60.9 cm³/mol. The number of likely N-dealkylation sites (tertiary alicyclic amines) is 1. The molecule has 1 saturated heterocycles. The molecule has 1 rings (SSSR count). The zero-order valence-corrected chi connectivity index (χ0v) is 10.4. The monoisotopic (exact) mass is 227 g/mol. The molecule has 0 radical (unpaired) electrons. The second-order valence-corrected chi connectivity index (χ2v) is 5.20. The van der Waals surface area contributed by atoms with Crippen LogP contribution >= 0.6 is 0 Å². The van der Waals surface area contributed by atoms with Gasteiger partial charge in [0.15, 0.2) is 0 Å². The number of hydrogen-bond donors (Lipinski definition) is 1. The van der Waals surface area contributed by atoms with Crippen molar-refractivity contribution in [2.75, 3.05) is 13.1 Å². The smallest absolute Gasteiger partial charge is 0.308 e. The number of rotatable bonds is 3. The first-order valence-corrected chi connectivity index (χ1v) is 5.86. The van der Waals surface area contributed by atoms with Crippen molar-refractivity contribution in [1.82, 2.24) is 4.90 Å². The van der Waals surface area contributed by atoms with Crippen LogP contribution in [0, 0.1) is 23.7 Å². The summed E-state index contributed by atoms with van der Waals surface area (Å²) < 4.78 is 0.